The molecule has 1 saturated heterocycles. The highest BCUT2D eigenvalue weighted by Gasteiger charge is 2.29. The van der Waals surface area contributed by atoms with Gasteiger partial charge in [0.1, 0.15) is 5.54 Å². The summed E-state index contributed by atoms with van der Waals surface area (Å²) in [4.78, 5) is 2.44. The highest BCUT2D eigenvalue weighted by atomic mass is 15.2. The van der Waals surface area contributed by atoms with Gasteiger partial charge in [-0.15, -0.1) is 0 Å². The van der Waals surface area contributed by atoms with E-state index in [9.17, 15) is 5.26 Å². The molecule has 1 unspecified atom stereocenters. The molecule has 1 fully saturated rings. The summed E-state index contributed by atoms with van der Waals surface area (Å²) in [7, 11) is 0. The summed E-state index contributed by atoms with van der Waals surface area (Å²) in [5.41, 5.74) is -0.410. The van der Waals surface area contributed by atoms with Gasteiger partial charge in [-0.1, -0.05) is 13.3 Å². The van der Waals surface area contributed by atoms with E-state index in [0.29, 0.717) is 6.04 Å². The lowest BCUT2D eigenvalue weighted by atomic mass is 9.93. The highest BCUT2D eigenvalue weighted by molar-refractivity contribution is 5.06. The normalized spacial score (nSPS) is 22.4. The number of nitrogens with zero attached hydrogens (tertiary/aromatic N) is 2. The Morgan fingerprint density at radius 1 is 1.41 bits per heavy atom. The first kappa shape index (κ1) is 14.5. The minimum absolute atomic E-state index is 0.354. The topological polar surface area (TPSA) is 39.1 Å². The van der Waals surface area contributed by atoms with Crippen LogP contribution in [0.15, 0.2) is 0 Å². The smallest absolute Gasteiger partial charge is 0.116 e. The van der Waals surface area contributed by atoms with E-state index in [1.165, 1.54) is 19.3 Å². The average Bonchev–Trinajstić information content (AvgIpc) is 2.29. The first-order chi connectivity index (χ1) is 7.99. The molecule has 0 amide bonds. The monoisotopic (exact) mass is 237 g/mol. The van der Waals surface area contributed by atoms with Crippen LogP contribution in [-0.2, 0) is 0 Å². The first-order valence-electron chi connectivity index (χ1n) is 6.90. The maximum Gasteiger partial charge on any atom is 0.116 e. The molecule has 1 aliphatic rings. The van der Waals surface area contributed by atoms with Gasteiger partial charge in [-0.05, 0) is 52.6 Å². The van der Waals surface area contributed by atoms with Crippen molar-refractivity contribution in [3.63, 3.8) is 0 Å². The van der Waals surface area contributed by atoms with Gasteiger partial charge < -0.3 is 4.90 Å². The second-order valence-electron chi connectivity index (χ2n) is 5.87. The third-order valence-electron chi connectivity index (χ3n) is 3.68. The molecule has 1 heterocycles. The number of hydrogen-bond donors (Lipinski definition) is 1. The molecule has 17 heavy (non-hydrogen) atoms. The Labute approximate surface area is 106 Å². The minimum Gasteiger partial charge on any atom is -0.300 e. The van der Waals surface area contributed by atoms with Gasteiger partial charge in [0.15, 0.2) is 0 Å². The summed E-state index contributed by atoms with van der Waals surface area (Å²) in [5.74, 6) is 0.901. The zero-order valence-electron chi connectivity index (χ0n) is 11.8. The lowest BCUT2D eigenvalue weighted by Gasteiger charge is -2.37. The van der Waals surface area contributed by atoms with Crippen LogP contribution >= 0.6 is 0 Å². The fraction of sp³-hybridized carbons (Fsp3) is 0.929. The Morgan fingerprint density at radius 2 is 2.00 bits per heavy atom. The lowest BCUT2D eigenvalue weighted by Crippen LogP contribution is -2.54. The average molecular weight is 237 g/mol. The van der Waals surface area contributed by atoms with Crippen LogP contribution in [-0.4, -0.2) is 36.1 Å². The molecule has 1 atom stereocenters. The van der Waals surface area contributed by atoms with Crippen LogP contribution in [0, 0.1) is 17.2 Å². The maximum atomic E-state index is 9.32. The number of rotatable bonds is 5. The molecule has 1 aliphatic heterocycles. The molecule has 1 rings (SSSR count). The molecule has 98 valence electrons. The van der Waals surface area contributed by atoms with E-state index in [-0.39, 0.29) is 0 Å². The summed E-state index contributed by atoms with van der Waals surface area (Å²) in [6.07, 6.45) is 3.88. The zero-order chi connectivity index (χ0) is 12.9. The van der Waals surface area contributed by atoms with Gasteiger partial charge in [0, 0.05) is 12.6 Å². The van der Waals surface area contributed by atoms with Crippen molar-refractivity contribution < 1.29 is 0 Å². The zero-order valence-corrected chi connectivity index (χ0v) is 11.8. The predicted molar refractivity (Wildman–Crippen MR) is 71.7 cm³/mol. The molecular formula is C14H27N3. The third kappa shape index (κ3) is 4.65. The maximum absolute atomic E-state index is 9.32. The molecule has 1 N–H and O–H groups in total. The fourth-order valence-corrected chi connectivity index (χ4v) is 2.75. The van der Waals surface area contributed by atoms with Crippen molar-refractivity contribution in [1.29, 1.82) is 5.26 Å². The Bertz CT molecular complexity index is 261. The van der Waals surface area contributed by atoms with Gasteiger partial charge in [0.25, 0.3) is 0 Å². The second-order valence-corrected chi connectivity index (χ2v) is 5.87. The SMILES string of the molecule is CCC1CCN(CC(C)(C#N)NC(C)C)CC1. The summed E-state index contributed by atoms with van der Waals surface area (Å²) < 4.78 is 0. The van der Waals surface area contributed by atoms with E-state index in [1.54, 1.807) is 0 Å². The number of nitriles is 1. The Morgan fingerprint density at radius 3 is 2.41 bits per heavy atom. The molecule has 0 spiro atoms. The largest absolute Gasteiger partial charge is 0.300 e. The summed E-state index contributed by atoms with van der Waals surface area (Å²) in [6, 6.07) is 2.78. The lowest BCUT2D eigenvalue weighted by molar-refractivity contribution is 0.151. The minimum atomic E-state index is -0.410. The molecule has 3 heteroatoms. The molecule has 0 radical (unpaired) electrons. The Hall–Kier alpha value is -0.590. The molecule has 0 aromatic carbocycles. The molecule has 0 aliphatic carbocycles. The van der Waals surface area contributed by atoms with E-state index < -0.39 is 5.54 Å². The van der Waals surface area contributed by atoms with E-state index in [2.05, 4.69) is 37.1 Å². The predicted octanol–water partition coefficient (Wildman–Crippen LogP) is 2.39. The van der Waals surface area contributed by atoms with Gasteiger partial charge >= 0.3 is 0 Å². The molecule has 3 nitrogen and oxygen atoms in total. The van der Waals surface area contributed by atoms with Gasteiger partial charge in [0.05, 0.1) is 6.07 Å². The van der Waals surface area contributed by atoms with Crippen LogP contribution in [0.1, 0.15) is 47.0 Å². The Kier molecular flexibility index (Phi) is 5.42. The number of piperidine rings is 1. The van der Waals surface area contributed by atoms with E-state index in [4.69, 9.17) is 0 Å². The first-order valence-corrected chi connectivity index (χ1v) is 6.90. The molecule has 0 aromatic rings. The van der Waals surface area contributed by atoms with Crippen molar-refractivity contribution in [2.75, 3.05) is 19.6 Å². The van der Waals surface area contributed by atoms with Crippen LogP contribution in [0.2, 0.25) is 0 Å². The standard InChI is InChI=1S/C14H27N3/c1-5-13-6-8-17(9-7-13)11-14(4,10-15)16-12(2)3/h12-13,16H,5-9,11H2,1-4H3. The third-order valence-corrected chi connectivity index (χ3v) is 3.68. The van der Waals surface area contributed by atoms with Gasteiger partial charge in [-0.3, -0.25) is 5.32 Å². The molecule has 0 aromatic heterocycles. The molecular weight excluding hydrogens is 210 g/mol. The van der Waals surface area contributed by atoms with Crippen LogP contribution in [0.5, 0.6) is 0 Å². The number of likely N-dealkylation sites (tertiary alicyclic amines) is 1. The molecule has 0 bridgehead atoms. The van der Waals surface area contributed by atoms with E-state index >= 15 is 0 Å². The second kappa shape index (κ2) is 6.37. The van der Waals surface area contributed by atoms with E-state index in [0.717, 1.165) is 25.6 Å². The van der Waals surface area contributed by atoms with Crippen LogP contribution < -0.4 is 5.32 Å². The van der Waals surface area contributed by atoms with Crippen molar-refractivity contribution in [2.24, 2.45) is 5.92 Å². The van der Waals surface area contributed by atoms with Crippen LogP contribution in [0.25, 0.3) is 0 Å². The summed E-state index contributed by atoms with van der Waals surface area (Å²) in [6.45, 7) is 11.6. The van der Waals surface area contributed by atoms with E-state index in [1.807, 2.05) is 6.92 Å². The van der Waals surface area contributed by atoms with Crippen LogP contribution in [0.4, 0.5) is 0 Å². The van der Waals surface area contributed by atoms with Crippen molar-refractivity contribution in [2.45, 2.75) is 58.5 Å². The van der Waals surface area contributed by atoms with Gasteiger partial charge in [-0.25, -0.2) is 0 Å². The van der Waals surface area contributed by atoms with Gasteiger partial charge in [-0.2, -0.15) is 5.26 Å². The highest BCUT2D eigenvalue weighted by Crippen LogP contribution is 2.21. The van der Waals surface area contributed by atoms with Crippen molar-refractivity contribution >= 4 is 0 Å². The van der Waals surface area contributed by atoms with Crippen molar-refractivity contribution in [3.8, 4) is 6.07 Å². The van der Waals surface area contributed by atoms with Crippen LogP contribution in [0.3, 0.4) is 0 Å². The van der Waals surface area contributed by atoms with Crippen molar-refractivity contribution in [3.05, 3.63) is 0 Å². The van der Waals surface area contributed by atoms with Gasteiger partial charge in [0.2, 0.25) is 0 Å². The fourth-order valence-electron chi connectivity index (χ4n) is 2.75. The number of hydrogen-bond acceptors (Lipinski definition) is 3. The quantitative estimate of drug-likeness (QED) is 0.798. The van der Waals surface area contributed by atoms with Crippen molar-refractivity contribution in [1.82, 2.24) is 10.2 Å². The number of nitrogens with one attached hydrogen (secondary N) is 1. The molecule has 0 saturated carbocycles. The Balaban J connectivity index is 2.45. The summed E-state index contributed by atoms with van der Waals surface area (Å²) in [5, 5.41) is 12.7. The summed E-state index contributed by atoms with van der Waals surface area (Å²) >= 11 is 0.